The number of nitrogens with one attached hydrogen (secondary N) is 3. The smallest absolute Gasteiger partial charge is 0.322 e. The van der Waals surface area contributed by atoms with E-state index in [-0.39, 0.29) is 24.1 Å². The number of imide groups is 1. The minimum absolute atomic E-state index is 0.0571. The predicted octanol–water partition coefficient (Wildman–Crippen LogP) is -1.29. The first-order valence-electron chi connectivity index (χ1n) is 6.59. The Morgan fingerprint density at radius 1 is 1.30 bits per heavy atom. The molecule has 0 bridgehead atoms. The number of piperidine rings is 1. The summed E-state index contributed by atoms with van der Waals surface area (Å²) in [5.41, 5.74) is -0.856. The lowest BCUT2D eigenvalue weighted by atomic mass is 9.87. The maximum absolute atomic E-state index is 11.9. The van der Waals surface area contributed by atoms with Gasteiger partial charge in [0.2, 0.25) is 11.8 Å². The van der Waals surface area contributed by atoms with Crippen LogP contribution in [0.25, 0.3) is 0 Å². The Bertz CT molecular complexity index is 454. The molecule has 0 aromatic carbocycles. The molecule has 0 aromatic rings. The van der Waals surface area contributed by atoms with Crippen LogP contribution in [-0.4, -0.2) is 53.8 Å². The molecule has 3 N–H and O–H groups in total. The van der Waals surface area contributed by atoms with Crippen molar-refractivity contribution in [2.24, 2.45) is 0 Å². The number of urea groups is 1. The zero-order valence-corrected chi connectivity index (χ0v) is 11.3. The van der Waals surface area contributed by atoms with Crippen LogP contribution < -0.4 is 16.0 Å². The molecule has 2 saturated heterocycles. The highest BCUT2D eigenvalue weighted by Crippen LogP contribution is 2.25. The minimum Gasteiger partial charge on any atom is -0.356 e. The summed E-state index contributed by atoms with van der Waals surface area (Å²) in [6, 6.07) is -0.472. The first-order chi connectivity index (χ1) is 9.43. The molecule has 0 radical (unpaired) electrons. The Morgan fingerprint density at radius 2 is 1.95 bits per heavy atom. The monoisotopic (exact) mass is 282 g/mol. The fourth-order valence-corrected chi connectivity index (χ4v) is 2.52. The maximum Gasteiger partial charge on any atom is 0.322 e. The van der Waals surface area contributed by atoms with E-state index in [2.05, 4.69) is 16.0 Å². The van der Waals surface area contributed by atoms with Gasteiger partial charge in [-0.3, -0.25) is 19.7 Å². The molecule has 0 saturated carbocycles. The number of carbonyl (C=O) groups excluding carboxylic acids is 4. The van der Waals surface area contributed by atoms with Crippen molar-refractivity contribution in [3.8, 4) is 0 Å². The molecule has 5 amide bonds. The van der Waals surface area contributed by atoms with Crippen molar-refractivity contribution in [2.75, 3.05) is 19.6 Å². The van der Waals surface area contributed by atoms with Crippen molar-refractivity contribution < 1.29 is 19.2 Å². The van der Waals surface area contributed by atoms with Gasteiger partial charge in [0.15, 0.2) is 0 Å². The van der Waals surface area contributed by atoms with Crippen LogP contribution >= 0.6 is 0 Å². The molecule has 8 nitrogen and oxygen atoms in total. The number of nitrogens with zero attached hydrogens (tertiary/aromatic N) is 1. The summed E-state index contributed by atoms with van der Waals surface area (Å²) >= 11 is 0. The van der Waals surface area contributed by atoms with E-state index < -0.39 is 11.6 Å². The van der Waals surface area contributed by atoms with Crippen molar-refractivity contribution in [1.29, 1.82) is 0 Å². The van der Waals surface area contributed by atoms with E-state index in [9.17, 15) is 19.2 Å². The maximum atomic E-state index is 11.9. The number of amides is 5. The van der Waals surface area contributed by atoms with Gasteiger partial charge in [0, 0.05) is 33.0 Å². The largest absolute Gasteiger partial charge is 0.356 e. The number of carbonyl (C=O) groups is 4. The molecule has 20 heavy (non-hydrogen) atoms. The lowest BCUT2D eigenvalue weighted by Gasteiger charge is -2.37. The topological polar surface area (TPSA) is 108 Å². The highest BCUT2D eigenvalue weighted by Gasteiger charge is 2.48. The Hall–Kier alpha value is -2.12. The van der Waals surface area contributed by atoms with E-state index in [1.165, 1.54) is 6.92 Å². The second-order valence-corrected chi connectivity index (χ2v) is 5.10. The third-order valence-electron chi connectivity index (χ3n) is 3.70. The second kappa shape index (κ2) is 5.48. The molecular formula is C12H18N4O4. The lowest BCUT2D eigenvalue weighted by Crippen LogP contribution is -2.55. The van der Waals surface area contributed by atoms with Gasteiger partial charge in [-0.15, -0.1) is 0 Å². The van der Waals surface area contributed by atoms with Gasteiger partial charge in [0.05, 0.1) is 0 Å². The summed E-state index contributed by atoms with van der Waals surface area (Å²) in [4.78, 5) is 47.2. The van der Waals surface area contributed by atoms with Gasteiger partial charge in [-0.25, -0.2) is 4.79 Å². The minimum atomic E-state index is -0.856. The highest BCUT2D eigenvalue weighted by atomic mass is 16.2. The van der Waals surface area contributed by atoms with E-state index in [0.29, 0.717) is 32.5 Å². The molecule has 0 unspecified atom stereocenters. The average Bonchev–Trinajstić information content (AvgIpc) is 2.64. The quantitative estimate of drug-likeness (QED) is 0.560. The summed E-state index contributed by atoms with van der Waals surface area (Å²) < 4.78 is 0. The Kier molecular flexibility index (Phi) is 3.91. The van der Waals surface area contributed by atoms with E-state index in [4.69, 9.17) is 0 Å². The van der Waals surface area contributed by atoms with Gasteiger partial charge in [0.1, 0.15) is 5.54 Å². The van der Waals surface area contributed by atoms with Crippen molar-refractivity contribution in [3.63, 3.8) is 0 Å². The molecule has 2 fully saturated rings. The third kappa shape index (κ3) is 2.89. The molecule has 0 atom stereocenters. The Labute approximate surface area is 116 Å². The summed E-state index contributed by atoms with van der Waals surface area (Å²) in [5, 5.41) is 7.44. The first-order valence-corrected chi connectivity index (χ1v) is 6.59. The molecule has 0 aromatic heterocycles. The molecular weight excluding hydrogens is 264 g/mol. The number of hydrogen-bond donors (Lipinski definition) is 3. The summed E-state index contributed by atoms with van der Waals surface area (Å²) in [7, 11) is 0. The predicted molar refractivity (Wildman–Crippen MR) is 68.5 cm³/mol. The van der Waals surface area contributed by atoms with Gasteiger partial charge >= 0.3 is 6.03 Å². The molecule has 2 aliphatic rings. The van der Waals surface area contributed by atoms with E-state index in [1.54, 1.807) is 4.90 Å². The summed E-state index contributed by atoms with van der Waals surface area (Å²) in [6.45, 7) is 2.56. The molecule has 2 aliphatic heterocycles. The fourth-order valence-electron chi connectivity index (χ4n) is 2.52. The lowest BCUT2D eigenvalue weighted by molar-refractivity contribution is -0.135. The van der Waals surface area contributed by atoms with Crippen LogP contribution in [0, 0.1) is 0 Å². The molecule has 2 rings (SSSR count). The van der Waals surface area contributed by atoms with Crippen LogP contribution in [0.2, 0.25) is 0 Å². The van der Waals surface area contributed by atoms with E-state index in [0.717, 1.165) is 0 Å². The molecule has 8 heteroatoms. The van der Waals surface area contributed by atoms with Crippen molar-refractivity contribution >= 4 is 23.8 Å². The van der Waals surface area contributed by atoms with Crippen LogP contribution in [-0.2, 0) is 14.4 Å². The zero-order chi connectivity index (χ0) is 14.8. The van der Waals surface area contributed by atoms with Gasteiger partial charge < -0.3 is 15.5 Å². The molecule has 1 spiro atoms. The van der Waals surface area contributed by atoms with Crippen LogP contribution in [0.5, 0.6) is 0 Å². The average molecular weight is 282 g/mol. The van der Waals surface area contributed by atoms with Gasteiger partial charge in [-0.1, -0.05) is 0 Å². The SMILES string of the molecule is CC(=O)NCCC(=O)N1CCC2(CC1)NC(=O)NC2=O. The van der Waals surface area contributed by atoms with Crippen molar-refractivity contribution in [3.05, 3.63) is 0 Å². The number of hydrogen-bond acceptors (Lipinski definition) is 4. The molecule has 0 aliphatic carbocycles. The second-order valence-electron chi connectivity index (χ2n) is 5.10. The van der Waals surface area contributed by atoms with E-state index >= 15 is 0 Å². The summed E-state index contributed by atoms with van der Waals surface area (Å²) in [5.74, 6) is -0.535. The number of likely N-dealkylation sites (tertiary alicyclic amines) is 1. The summed E-state index contributed by atoms with van der Waals surface area (Å²) in [6.07, 6.45) is 1.07. The van der Waals surface area contributed by atoms with Crippen LogP contribution in [0.15, 0.2) is 0 Å². The van der Waals surface area contributed by atoms with Gasteiger partial charge in [0.25, 0.3) is 5.91 Å². The fraction of sp³-hybridized carbons (Fsp3) is 0.667. The normalized spacial score (nSPS) is 20.6. The first kappa shape index (κ1) is 14.3. The molecule has 110 valence electrons. The zero-order valence-electron chi connectivity index (χ0n) is 11.3. The Balaban J connectivity index is 1.82. The molecule has 2 heterocycles. The van der Waals surface area contributed by atoms with Crippen LogP contribution in [0.1, 0.15) is 26.2 Å². The van der Waals surface area contributed by atoms with Crippen molar-refractivity contribution in [1.82, 2.24) is 20.9 Å². The van der Waals surface area contributed by atoms with E-state index in [1.807, 2.05) is 0 Å². The standard InChI is InChI=1S/C12H18N4O4/c1-8(17)13-5-2-9(18)16-6-3-12(4-7-16)10(19)14-11(20)15-12/h2-7H2,1H3,(H,13,17)(H2,14,15,19,20). The van der Waals surface area contributed by atoms with Crippen LogP contribution in [0.3, 0.4) is 0 Å². The van der Waals surface area contributed by atoms with Crippen LogP contribution in [0.4, 0.5) is 4.79 Å². The van der Waals surface area contributed by atoms with Crippen molar-refractivity contribution in [2.45, 2.75) is 31.7 Å². The number of rotatable bonds is 3. The Morgan fingerprint density at radius 3 is 2.45 bits per heavy atom. The van der Waals surface area contributed by atoms with Gasteiger partial charge in [-0.05, 0) is 12.8 Å². The highest BCUT2D eigenvalue weighted by molar-refractivity contribution is 6.07. The van der Waals surface area contributed by atoms with Gasteiger partial charge in [-0.2, -0.15) is 0 Å². The third-order valence-corrected chi connectivity index (χ3v) is 3.70.